The van der Waals surface area contributed by atoms with Gasteiger partial charge in [-0.15, -0.1) is 0 Å². The molecule has 0 aromatic heterocycles. The van der Waals surface area contributed by atoms with Gasteiger partial charge >= 0.3 is 0 Å². The molecule has 0 bridgehead atoms. The molecule has 0 spiro atoms. The summed E-state index contributed by atoms with van der Waals surface area (Å²) in [5.41, 5.74) is 2.04. The second-order valence-corrected chi connectivity index (χ2v) is 7.19. The van der Waals surface area contributed by atoms with Crippen molar-refractivity contribution in [3.63, 3.8) is 0 Å². The molecule has 2 aromatic rings. The summed E-state index contributed by atoms with van der Waals surface area (Å²) in [5.74, 6) is 0. The maximum Gasteiger partial charge on any atom is 0.243 e. The van der Waals surface area contributed by atoms with Crippen molar-refractivity contribution in [2.75, 3.05) is 6.54 Å². The molecule has 0 saturated carbocycles. The SMILES string of the molecule is CCN(Cc1ccccc1)S(=O)(=O)c1ccc(CBr)cc1. The number of sulfonamides is 1. The second kappa shape index (κ2) is 7.20. The Morgan fingerprint density at radius 3 is 2.10 bits per heavy atom. The average Bonchev–Trinajstić information content (AvgIpc) is 2.53. The highest BCUT2D eigenvalue weighted by Crippen LogP contribution is 2.19. The summed E-state index contributed by atoms with van der Waals surface area (Å²) < 4.78 is 26.9. The van der Waals surface area contributed by atoms with Gasteiger partial charge in [-0.3, -0.25) is 0 Å². The molecule has 0 fully saturated rings. The number of nitrogens with zero attached hydrogens (tertiary/aromatic N) is 1. The third-order valence-electron chi connectivity index (χ3n) is 3.27. The van der Waals surface area contributed by atoms with Crippen molar-refractivity contribution in [2.24, 2.45) is 0 Å². The molecule has 0 radical (unpaired) electrons. The normalized spacial score (nSPS) is 11.8. The number of halogens is 1. The minimum Gasteiger partial charge on any atom is -0.207 e. The number of hydrogen-bond donors (Lipinski definition) is 0. The molecule has 0 amide bonds. The van der Waals surface area contributed by atoms with Crippen LogP contribution < -0.4 is 0 Å². The van der Waals surface area contributed by atoms with E-state index in [1.54, 1.807) is 12.1 Å². The molecule has 0 N–H and O–H groups in total. The first-order chi connectivity index (χ1) is 10.1. The van der Waals surface area contributed by atoms with Crippen LogP contribution >= 0.6 is 15.9 Å². The van der Waals surface area contributed by atoms with Crippen LogP contribution in [0.15, 0.2) is 59.5 Å². The van der Waals surface area contributed by atoms with Crippen molar-refractivity contribution in [2.45, 2.75) is 23.7 Å². The molecule has 112 valence electrons. The molecule has 0 heterocycles. The molecule has 2 aromatic carbocycles. The van der Waals surface area contributed by atoms with Crippen molar-refractivity contribution < 1.29 is 8.42 Å². The zero-order chi connectivity index (χ0) is 15.3. The van der Waals surface area contributed by atoms with Crippen LogP contribution in [0.4, 0.5) is 0 Å². The Morgan fingerprint density at radius 2 is 1.57 bits per heavy atom. The fourth-order valence-electron chi connectivity index (χ4n) is 2.05. The van der Waals surface area contributed by atoms with Crippen molar-refractivity contribution in [3.8, 4) is 0 Å². The summed E-state index contributed by atoms with van der Waals surface area (Å²) in [6.07, 6.45) is 0. The standard InChI is InChI=1S/C16H18BrNO2S/c1-2-18(13-15-6-4-3-5-7-15)21(19,20)16-10-8-14(12-17)9-11-16/h3-11H,2,12-13H2,1H3. The number of hydrogen-bond acceptors (Lipinski definition) is 2. The Balaban J connectivity index is 2.26. The van der Waals surface area contributed by atoms with Gasteiger partial charge < -0.3 is 0 Å². The van der Waals surface area contributed by atoms with Crippen LogP contribution in [-0.4, -0.2) is 19.3 Å². The Bertz CT molecular complexity index is 669. The predicted octanol–water partition coefficient (Wildman–Crippen LogP) is 3.79. The largest absolute Gasteiger partial charge is 0.243 e. The Hall–Kier alpha value is -1.17. The molecule has 0 aliphatic heterocycles. The average molecular weight is 368 g/mol. The zero-order valence-corrected chi connectivity index (χ0v) is 14.3. The van der Waals surface area contributed by atoms with Crippen LogP contribution in [0.2, 0.25) is 0 Å². The van der Waals surface area contributed by atoms with E-state index < -0.39 is 10.0 Å². The lowest BCUT2D eigenvalue weighted by Crippen LogP contribution is -2.30. The summed E-state index contributed by atoms with van der Waals surface area (Å²) in [4.78, 5) is 0.338. The molecule has 0 saturated heterocycles. The van der Waals surface area contributed by atoms with E-state index in [4.69, 9.17) is 0 Å². The molecule has 0 aliphatic carbocycles. The summed E-state index contributed by atoms with van der Waals surface area (Å²) in [7, 11) is -3.46. The molecular formula is C16H18BrNO2S. The van der Waals surface area contributed by atoms with Crippen LogP contribution in [0.5, 0.6) is 0 Å². The fraction of sp³-hybridized carbons (Fsp3) is 0.250. The van der Waals surface area contributed by atoms with Crippen LogP contribution in [0.25, 0.3) is 0 Å². The summed E-state index contributed by atoms with van der Waals surface area (Å²) >= 11 is 3.36. The van der Waals surface area contributed by atoms with Gasteiger partial charge in [0.05, 0.1) is 4.90 Å². The lowest BCUT2D eigenvalue weighted by molar-refractivity contribution is 0.423. The smallest absolute Gasteiger partial charge is 0.207 e. The Kier molecular flexibility index (Phi) is 5.56. The molecule has 0 unspecified atom stereocenters. The summed E-state index contributed by atoms with van der Waals surface area (Å²) in [5, 5.41) is 0.717. The lowest BCUT2D eigenvalue weighted by atomic mass is 10.2. The second-order valence-electron chi connectivity index (χ2n) is 4.69. The van der Waals surface area contributed by atoms with Gasteiger partial charge in [-0.05, 0) is 23.3 Å². The summed E-state index contributed by atoms with van der Waals surface area (Å²) in [6, 6.07) is 16.6. The Morgan fingerprint density at radius 1 is 0.952 bits per heavy atom. The van der Waals surface area contributed by atoms with Gasteiger partial charge in [0.1, 0.15) is 0 Å². The Labute approximate surface area is 134 Å². The molecular weight excluding hydrogens is 350 g/mol. The third-order valence-corrected chi connectivity index (χ3v) is 5.85. The van der Waals surface area contributed by atoms with Gasteiger partial charge in [0.15, 0.2) is 0 Å². The van der Waals surface area contributed by atoms with Gasteiger partial charge in [0, 0.05) is 18.4 Å². The lowest BCUT2D eigenvalue weighted by Gasteiger charge is -2.20. The number of rotatable bonds is 6. The van der Waals surface area contributed by atoms with Gasteiger partial charge in [-0.25, -0.2) is 8.42 Å². The maximum absolute atomic E-state index is 12.7. The fourth-order valence-corrected chi connectivity index (χ4v) is 3.86. The van der Waals surface area contributed by atoms with Gasteiger partial charge in [0.2, 0.25) is 10.0 Å². The topological polar surface area (TPSA) is 37.4 Å². The van der Waals surface area contributed by atoms with E-state index in [9.17, 15) is 8.42 Å². The van der Waals surface area contributed by atoms with Gasteiger partial charge in [-0.1, -0.05) is 65.3 Å². The van der Waals surface area contributed by atoms with E-state index in [2.05, 4.69) is 15.9 Å². The van der Waals surface area contributed by atoms with Crippen molar-refractivity contribution >= 4 is 26.0 Å². The minimum atomic E-state index is -3.46. The molecule has 2 rings (SSSR count). The quantitative estimate of drug-likeness (QED) is 0.728. The number of alkyl halides is 1. The van der Waals surface area contributed by atoms with Crippen LogP contribution in [-0.2, 0) is 21.9 Å². The highest BCUT2D eigenvalue weighted by molar-refractivity contribution is 9.08. The first-order valence-electron chi connectivity index (χ1n) is 6.77. The monoisotopic (exact) mass is 367 g/mol. The first-order valence-corrected chi connectivity index (χ1v) is 9.33. The first kappa shape index (κ1) is 16.2. The van der Waals surface area contributed by atoms with Gasteiger partial charge in [-0.2, -0.15) is 4.31 Å². The molecule has 5 heteroatoms. The molecule has 21 heavy (non-hydrogen) atoms. The highest BCUT2D eigenvalue weighted by atomic mass is 79.9. The minimum absolute atomic E-state index is 0.338. The highest BCUT2D eigenvalue weighted by Gasteiger charge is 2.22. The van der Waals surface area contributed by atoms with Crippen LogP contribution in [0.3, 0.4) is 0 Å². The van der Waals surface area contributed by atoms with E-state index in [1.165, 1.54) is 4.31 Å². The third kappa shape index (κ3) is 3.93. The molecule has 0 aliphatic rings. The van der Waals surface area contributed by atoms with Gasteiger partial charge in [0.25, 0.3) is 0 Å². The van der Waals surface area contributed by atoms with E-state index in [-0.39, 0.29) is 0 Å². The number of benzene rings is 2. The van der Waals surface area contributed by atoms with Crippen molar-refractivity contribution in [1.29, 1.82) is 0 Å². The summed E-state index contributed by atoms with van der Waals surface area (Å²) in [6.45, 7) is 2.69. The van der Waals surface area contributed by atoms with E-state index in [0.717, 1.165) is 16.5 Å². The van der Waals surface area contributed by atoms with Crippen LogP contribution in [0, 0.1) is 0 Å². The van der Waals surface area contributed by atoms with Crippen LogP contribution in [0.1, 0.15) is 18.1 Å². The van der Waals surface area contributed by atoms with Crippen molar-refractivity contribution in [1.82, 2.24) is 4.31 Å². The van der Waals surface area contributed by atoms with E-state index in [1.807, 2.05) is 49.4 Å². The molecule has 0 atom stereocenters. The zero-order valence-electron chi connectivity index (χ0n) is 11.9. The maximum atomic E-state index is 12.7. The van der Waals surface area contributed by atoms with E-state index >= 15 is 0 Å². The predicted molar refractivity (Wildman–Crippen MR) is 88.8 cm³/mol. The molecule has 3 nitrogen and oxygen atoms in total. The van der Waals surface area contributed by atoms with Crippen molar-refractivity contribution in [3.05, 3.63) is 65.7 Å². The van der Waals surface area contributed by atoms with E-state index in [0.29, 0.717) is 18.0 Å².